The second-order valence-electron chi connectivity index (χ2n) is 3.94. The SMILES string of the molecule is C[CH+]OC(C)CC#C[Si](C)(C)C. The molecule has 0 aliphatic rings. The fourth-order valence-electron chi connectivity index (χ4n) is 0.740. The second-order valence-corrected chi connectivity index (χ2v) is 8.69. The minimum absolute atomic E-state index is 0.235. The molecule has 0 N–H and O–H groups in total. The summed E-state index contributed by atoms with van der Waals surface area (Å²) in [5, 5.41) is 0. The first-order valence-corrected chi connectivity index (χ1v) is 7.89. The summed E-state index contributed by atoms with van der Waals surface area (Å²) >= 11 is 0. The molecule has 0 heterocycles. The van der Waals surface area contributed by atoms with Gasteiger partial charge in [-0.3, -0.25) is 0 Å². The van der Waals surface area contributed by atoms with Crippen LogP contribution in [0.5, 0.6) is 0 Å². The summed E-state index contributed by atoms with van der Waals surface area (Å²) in [5.74, 6) is 3.18. The predicted molar refractivity (Wildman–Crippen MR) is 56.3 cm³/mol. The summed E-state index contributed by atoms with van der Waals surface area (Å²) in [6.07, 6.45) is 1.08. The molecule has 1 unspecified atom stereocenters. The van der Waals surface area contributed by atoms with Crippen molar-refractivity contribution in [3.05, 3.63) is 6.61 Å². The van der Waals surface area contributed by atoms with Crippen molar-refractivity contribution in [3.63, 3.8) is 0 Å². The maximum Gasteiger partial charge on any atom is 0.224 e. The third kappa shape index (κ3) is 7.71. The molecule has 0 aromatic heterocycles. The molecule has 0 radical (unpaired) electrons. The zero-order valence-electron chi connectivity index (χ0n) is 8.77. The van der Waals surface area contributed by atoms with Gasteiger partial charge < -0.3 is 0 Å². The highest BCUT2D eigenvalue weighted by atomic mass is 28.3. The highest BCUT2D eigenvalue weighted by molar-refractivity contribution is 6.83. The van der Waals surface area contributed by atoms with E-state index in [1.165, 1.54) is 0 Å². The minimum atomic E-state index is -1.17. The number of rotatable bonds is 3. The van der Waals surface area contributed by atoms with Gasteiger partial charge in [0.1, 0.15) is 21.1 Å². The van der Waals surface area contributed by atoms with Crippen LogP contribution in [0, 0.1) is 18.1 Å². The quantitative estimate of drug-likeness (QED) is 0.371. The van der Waals surface area contributed by atoms with Crippen molar-refractivity contribution >= 4 is 8.07 Å². The Morgan fingerprint density at radius 1 is 1.42 bits per heavy atom. The van der Waals surface area contributed by atoms with E-state index in [0.29, 0.717) is 0 Å². The molecule has 68 valence electrons. The fourth-order valence-corrected chi connectivity index (χ4v) is 1.37. The molecular weight excluding hydrogens is 164 g/mol. The summed E-state index contributed by atoms with van der Waals surface area (Å²) in [6.45, 7) is 12.4. The zero-order chi connectivity index (χ0) is 9.61. The maximum absolute atomic E-state index is 5.24. The minimum Gasteiger partial charge on any atom is -0.193 e. The molecule has 0 aliphatic heterocycles. The van der Waals surface area contributed by atoms with Crippen LogP contribution < -0.4 is 0 Å². The fraction of sp³-hybridized carbons (Fsp3) is 0.700. The van der Waals surface area contributed by atoms with Gasteiger partial charge in [0.05, 0.1) is 0 Å². The van der Waals surface area contributed by atoms with Crippen molar-refractivity contribution in [1.82, 2.24) is 0 Å². The van der Waals surface area contributed by atoms with E-state index < -0.39 is 8.07 Å². The van der Waals surface area contributed by atoms with Gasteiger partial charge in [0.25, 0.3) is 0 Å². The van der Waals surface area contributed by atoms with Gasteiger partial charge in [0.15, 0.2) is 0 Å². The molecule has 1 nitrogen and oxygen atoms in total. The highest BCUT2D eigenvalue weighted by Gasteiger charge is 2.08. The van der Waals surface area contributed by atoms with E-state index in [1.807, 2.05) is 13.8 Å². The standard InChI is InChI=1S/C10H19OSi/c1-6-11-10(2)8-7-9-12(3,4)5/h6,10H,8H2,1-5H3/q+1. The van der Waals surface area contributed by atoms with Crippen molar-refractivity contribution < 1.29 is 4.74 Å². The molecule has 0 aliphatic carbocycles. The van der Waals surface area contributed by atoms with Crippen LogP contribution in [-0.4, -0.2) is 14.2 Å². The van der Waals surface area contributed by atoms with Gasteiger partial charge in [0, 0.05) is 6.42 Å². The van der Waals surface area contributed by atoms with Gasteiger partial charge in [-0.1, -0.05) is 19.6 Å². The van der Waals surface area contributed by atoms with Crippen LogP contribution in [0.4, 0.5) is 0 Å². The van der Waals surface area contributed by atoms with Gasteiger partial charge >= 0.3 is 0 Å². The Kier molecular flexibility index (Phi) is 5.11. The largest absolute Gasteiger partial charge is 0.224 e. The van der Waals surface area contributed by atoms with Crippen molar-refractivity contribution in [2.45, 2.75) is 46.0 Å². The first-order valence-electron chi connectivity index (χ1n) is 4.39. The van der Waals surface area contributed by atoms with E-state index in [9.17, 15) is 0 Å². The Morgan fingerprint density at radius 2 is 2.00 bits per heavy atom. The van der Waals surface area contributed by atoms with Crippen molar-refractivity contribution in [2.75, 3.05) is 0 Å². The molecule has 0 amide bonds. The maximum atomic E-state index is 5.24. The van der Waals surface area contributed by atoms with Crippen LogP contribution in [0.2, 0.25) is 19.6 Å². The van der Waals surface area contributed by atoms with E-state index in [0.717, 1.165) is 6.42 Å². The third-order valence-electron chi connectivity index (χ3n) is 1.22. The van der Waals surface area contributed by atoms with Gasteiger partial charge in [-0.2, -0.15) is 4.74 Å². The normalized spacial score (nSPS) is 13.1. The van der Waals surface area contributed by atoms with Crippen LogP contribution in [0.15, 0.2) is 0 Å². The molecule has 0 bridgehead atoms. The van der Waals surface area contributed by atoms with Crippen LogP contribution in [0.25, 0.3) is 0 Å². The molecule has 0 saturated heterocycles. The lowest BCUT2D eigenvalue weighted by Crippen LogP contribution is -2.16. The molecule has 0 saturated carbocycles. The van der Waals surface area contributed by atoms with E-state index in [4.69, 9.17) is 4.74 Å². The van der Waals surface area contributed by atoms with Gasteiger partial charge in [-0.05, 0) is 6.92 Å². The lowest BCUT2D eigenvalue weighted by Gasteiger charge is -2.04. The summed E-state index contributed by atoms with van der Waals surface area (Å²) in [7, 11) is -1.17. The first-order chi connectivity index (χ1) is 5.45. The van der Waals surface area contributed by atoms with Crippen LogP contribution >= 0.6 is 0 Å². The number of ether oxygens (including phenoxy) is 1. The van der Waals surface area contributed by atoms with E-state index >= 15 is 0 Å². The average molecular weight is 183 g/mol. The third-order valence-corrected chi connectivity index (χ3v) is 2.15. The van der Waals surface area contributed by atoms with E-state index in [2.05, 4.69) is 31.1 Å². The predicted octanol–water partition coefficient (Wildman–Crippen LogP) is 2.84. The van der Waals surface area contributed by atoms with E-state index in [-0.39, 0.29) is 6.10 Å². The lowest BCUT2D eigenvalue weighted by molar-refractivity contribution is 0.129. The molecule has 0 aromatic carbocycles. The zero-order valence-corrected chi connectivity index (χ0v) is 9.77. The Morgan fingerprint density at radius 3 is 2.42 bits per heavy atom. The van der Waals surface area contributed by atoms with Crippen LogP contribution in [0.1, 0.15) is 20.3 Å². The molecular formula is C10H19OSi+. The van der Waals surface area contributed by atoms with E-state index in [1.54, 1.807) is 6.61 Å². The highest BCUT2D eigenvalue weighted by Crippen LogP contribution is 2.00. The molecule has 2 heteroatoms. The first kappa shape index (κ1) is 11.6. The molecule has 1 atom stereocenters. The Balaban J connectivity index is 3.71. The van der Waals surface area contributed by atoms with Crippen molar-refractivity contribution in [2.24, 2.45) is 0 Å². The molecule has 0 fully saturated rings. The van der Waals surface area contributed by atoms with Crippen LogP contribution in [0.3, 0.4) is 0 Å². The summed E-state index contributed by atoms with van der Waals surface area (Å²) in [6, 6.07) is 0. The Bertz CT molecular complexity index is 171. The molecule has 0 aromatic rings. The van der Waals surface area contributed by atoms with Crippen LogP contribution in [-0.2, 0) is 4.74 Å². The summed E-state index contributed by atoms with van der Waals surface area (Å²) < 4.78 is 5.24. The van der Waals surface area contributed by atoms with Crippen molar-refractivity contribution in [3.8, 4) is 11.5 Å². The lowest BCUT2D eigenvalue weighted by atomic mass is 10.3. The van der Waals surface area contributed by atoms with Gasteiger partial charge in [0.2, 0.25) is 6.61 Å². The molecule has 0 spiro atoms. The summed E-state index contributed by atoms with van der Waals surface area (Å²) in [4.78, 5) is 0. The molecule has 0 rings (SSSR count). The average Bonchev–Trinajstić information content (AvgIpc) is 1.84. The van der Waals surface area contributed by atoms with Crippen molar-refractivity contribution in [1.29, 1.82) is 0 Å². The monoisotopic (exact) mass is 183 g/mol. The van der Waals surface area contributed by atoms with Gasteiger partial charge in [-0.25, -0.2) is 0 Å². The topological polar surface area (TPSA) is 9.23 Å². The summed E-state index contributed by atoms with van der Waals surface area (Å²) in [5.41, 5.74) is 3.31. The Hall–Kier alpha value is -0.393. The smallest absolute Gasteiger partial charge is 0.193 e. The number of hydrogen-bond acceptors (Lipinski definition) is 1. The van der Waals surface area contributed by atoms with Gasteiger partial charge in [-0.15, -0.1) is 11.5 Å². The second kappa shape index (κ2) is 5.29. The molecule has 12 heavy (non-hydrogen) atoms. The Labute approximate surface area is 77.5 Å². The number of hydrogen-bond donors (Lipinski definition) is 0.